The fraction of sp³-hybridized carbons (Fsp3) is 0.333. The summed E-state index contributed by atoms with van der Waals surface area (Å²) in [5.41, 5.74) is 1.31. The molecule has 1 aromatic heterocycles. The average molecular weight is 135 g/mol. The van der Waals surface area contributed by atoms with E-state index in [2.05, 4.69) is 26.5 Å². The van der Waals surface area contributed by atoms with Crippen LogP contribution in [0.25, 0.3) is 6.20 Å². The molecule has 0 N–H and O–H groups in total. The summed E-state index contributed by atoms with van der Waals surface area (Å²) in [7, 11) is 0. The summed E-state index contributed by atoms with van der Waals surface area (Å²) in [5.74, 6) is 0.577. The molecule has 0 radical (unpaired) electrons. The molecule has 0 bridgehead atoms. The van der Waals surface area contributed by atoms with Crippen molar-refractivity contribution < 1.29 is 0 Å². The van der Waals surface area contributed by atoms with E-state index in [0.717, 1.165) is 0 Å². The molecule has 10 heavy (non-hydrogen) atoms. The fourth-order valence-electron chi connectivity index (χ4n) is 1.06. The Bertz CT molecular complexity index is 220. The van der Waals surface area contributed by atoms with Crippen molar-refractivity contribution in [2.24, 2.45) is 0 Å². The Labute approximate surface area is 62.0 Å². The molecule has 54 valence electrons. The third-order valence-electron chi connectivity index (χ3n) is 1.60. The smallest absolute Gasteiger partial charge is 0.0246 e. The summed E-state index contributed by atoms with van der Waals surface area (Å²) in [6, 6.07) is 4.16. The molecule has 0 saturated heterocycles. The lowest BCUT2D eigenvalue weighted by Gasteiger charge is -2.05. The monoisotopic (exact) mass is 135 g/mol. The Morgan fingerprint density at radius 2 is 2.30 bits per heavy atom. The van der Waals surface area contributed by atoms with E-state index in [1.807, 2.05) is 23.0 Å². The summed E-state index contributed by atoms with van der Waals surface area (Å²) in [6.07, 6.45) is 3.84. The topological polar surface area (TPSA) is 4.93 Å². The highest BCUT2D eigenvalue weighted by Crippen LogP contribution is 2.14. The van der Waals surface area contributed by atoms with Crippen LogP contribution in [0.2, 0.25) is 0 Å². The highest BCUT2D eigenvalue weighted by molar-refractivity contribution is 5.26. The lowest BCUT2D eigenvalue weighted by Crippen LogP contribution is -1.94. The largest absolute Gasteiger partial charge is 0.328 e. The molecular formula is C9H13N. The van der Waals surface area contributed by atoms with Gasteiger partial charge in [-0.05, 0) is 18.1 Å². The van der Waals surface area contributed by atoms with Gasteiger partial charge in [0.1, 0.15) is 0 Å². The Kier molecular flexibility index (Phi) is 1.95. The van der Waals surface area contributed by atoms with Gasteiger partial charge >= 0.3 is 0 Å². The quantitative estimate of drug-likeness (QED) is 0.587. The van der Waals surface area contributed by atoms with Gasteiger partial charge in [-0.25, -0.2) is 0 Å². The maximum atomic E-state index is 3.71. The molecule has 1 heteroatoms. The van der Waals surface area contributed by atoms with Crippen LogP contribution < -0.4 is 0 Å². The second kappa shape index (κ2) is 2.74. The summed E-state index contributed by atoms with van der Waals surface area (Å²) in [5, 5.41) is 0. The first-order valence-corrected chi connectivity index (χ1v) is 3.55. The molecule has 0 aliphatic heterocycles. The zero-order valence-electron chi connectivity index (χ0n) is 6.54. The summed E-state index contributed by atoms with van der Waals surface area (Å²) in [4.78, 5) is 0. The number of nitrogens with zero attached hydrogens (tertiary/aromatic N) is 1. The third-order valence-corrected chi connectivity index (χ3v) is 1.60. The van der Waals surface area contributed by atoms with Crippen LogP contribution in [-0.2, 0) is 0 Å². The summed E-state index contributed by atoms with van der Waals surface area (Å²) in [6.45, 7) is 8.06. The maximum Gasteiger partial charge on any atom is 0.0246 e. The van der Waals surface area contributed by atoms with E-state index in [1.165, 1.54) is 5.69 Å². The first-order chi connectivity index (χ1) is 4.75. The van der Waals surface area contributed by atoms with Crippen LogP contribution in [0.15, 0.2) is 24.9 Å². The van der Waals surface area contributed by atoms with E-state index >= 15 is 0 Å². The van der Waals surface area contributed by atoms with Gasteiger partial charge in [-0.15, -0.1) is 0 Å². The van der Waals surface area contributed by atoms with Crippen LogP contribution in [-0.4, -0.2) is 4.57 Å². The molecule has 1 nitrogen and oxygen atoms in total. The molecule has 0 aliphatic rings. The Balaban J connectivity index is 3.01. The van der Waals surface area contributed by atoms with Crippen molar-refractivity contribution >= 4 is 6.20 Å². The van der Waals surface area contributed by atoms with Gasteiger partial charge in [-0.1, -0.05) is 20.4 Å². The van der Waals surface area contributed by atoms with E-state index in [0.29, 0.717) is 5.92 Å². The van der Waals surface area contributed by atoms with Gasteiger partial charge in [0.15, 0.2) is 0 Å². The van der Waals surface area contributed by atoms with Crippen LogP contribution in [0.5, 0.6) is 0 Å². The number of rotatable bonds is 2. The van der Waals surface area contributed by atoms with Crippen LogP contribution in [0.4, 0.5) is 0 Å². The van der Waals surface area contributed by atoms with Crippen LogP contribution in [0, 0.1) is 0 Å². The molecule has 0 atom stereocenters. The minimum absolute atomic E-state index is 0.577. The second-order valence-electron chi connectivity index (χ2n) is 2.68. The summed E-state index contributed by atoms with van der Waals surface area (Å²) < 4.78 is 2.05. The zero-order valence-corrected chi connectivity index (χ0v) is 6.54. The van der Waals surface area contributed by atoms with E-state index in [1.54, 1.807) is 0 Å². The zero-order chi connectivity index (χ0) is 7.56. The molecule has 0 aliphatic carbocycles. The average Bonchev–Trinajstić information content (AvgIpc) is 2.33. The van der Waals surface area contributed by atoms with Crippen LogP contribution >= 0.6 is 0 Å². The van der Waals surface area contributed by atoms with Crippen molar-refractivity contribution in [3.8, 4) is 0 Å². The molecule has 1 rings (SSSR count). The standard InChI is InChI=1S/C9H13N/c1-4-10-7-5-6-9(10)8(2)3/h4-8H,1H2,2-3H3. The minimum Gasteiger partial charge on any atom is -0.328 e. The van der Waals surface area contributed by atoms with Crippen molar-refractivity contribution in [2.45, 2.75) is 19.8 Å². The van der Waals surface area contributed by atoms with Crippen molar-refractivity contribution in [1.82, 2.24) is 4.57 Å². The predicted octanol–water partition coefficient (Wildman–Crippen LogP) is 2.71. The normalized spacial score (nSPS) is 10.3. The van der Waals surface area contributed by atoms with Crippen LogP contribution in [0.3, 0.4) is 0 Å². The Morgan fingerprint density at radius 1 is 1.60 bits per heavy atom. The highest BCUT2D eigenvalue weighted by Gasteiger charge is 2.00. The van der Waals surface area contributed by atoms with E-state index in [4.69, 9.17) is 0 Å². The Hall–Kier alpha value is -0.980. The van der Waals surface area contributed by atoms with Gasteiger partial charge in [-0.2, -0.15) is 0 Å². The van der Waals surface area contributed by atoms with Gasteiger partial charge in [0.2, 0.25) is 0 Å². The number of hydrogen-bond acceptors (Lipinski definition) is 0. The van der Waals surface area contributed by atoms with E-state index in [-0.39, 0.29) is 0 Å². The highest BCUT2D eigenvalue weighted by atomic mass is 14.9. The van der Waals surface area contributed by atoms with Crippen molar-refractivity contribution in [3.05, 3.63) is 30.6 Å². The molecular weight excluding hydrogens is 122 g/mol. The van der Waals surface area contributed by atoms with E-state index < -0.39 is 0 Å². The molecule has 0 fully saturated rings. The molecule has 1 aromatic rings. The first-order valence-electron chi connectivity index (χ1n) is 3.55. The molecule has 0 spiro atoms. The van der Waals surface area contributed by atoms with Crippen molar-refractivity contribution in [2.75, 3.05) is 0 Å². The van der Waals surface area contributed by atoms with Gasteiger partial charge in [0.25, 0.3) is 0 Å². The van der Waals surface area contributed by atoms with E-state index in [9.17, 15) is 0 Å². The van der Waals surface area contributed by atoms with Gasteiger partial charge in [0, 0.05) is 18.1 Å². The minimum atomic E-state index is 0.577. The van der Waals surface area contributed by atoms with Gasteiger partial charge in [-0.3, -0.25) is 0 Å². The lowest BCUT2D eigenvalue weighted by molar-refractivity contribution is 0.802. The SMILES string of the molecule is C=Cn1cccc1C(C)C. The first kappa shape index (κ1) is 7.13. The number of hydrogen-bond donors (Lipinski definition) is 0. The van der Waals surface area contributed by atoms with Crippen molar-refractivity contribution in [3.63, 3.8) is 0 Å². The predicted molar refractivity (Wildman–Crippen MR) is 44.9 cm³/mol. The molecule has 0 aromatic carbocycles. The summed E-state index contributed by atoms with van der Waals surface area (Å²) >= 11 is 0. The molecule has 0 amide bonds. The van der Waals surface area contributed by atoms with Crippen LogP contribution in [0.1, 0.15) is 25.5 Å². The van der Waals surface area contributed by atoms with Crippen molar-refractivity contribution in [1.29, 1.82) is 0 Å². The fourth-order valence-corrected chi connectivity index (χ4v) is 1.06. The third kappa shape index (κ3) is 1.13. The maximum absolute atomic E-state index is 3.71. The molecule has 0 unspecified atom stereocenters. The molecule has 0 saturated carbocycles. The van der Waals surface area contributed by atoms with Gasteiger partial charge in [0.05, 0.1) is 0 Å². The van der Waals surface area contributed by atoms with Gasteiger partial charge < -0.3 is 4.57 Å². The number of aromatic nitrogens is 1. The Morgan fingerprint density at radius 3 is 2.70 bits per heavy atom. The lowest BCUT2D eigenvalue weighted by atomic mass is 10.1. The molecule has 1 heterocycles. The second-order valence-corrected chi connectivity index (χ2v) is 2.68.